The smallest absolute Gasteiger partial charge is 0.323 e. The van der Waals surface area contributed by atoms with Gasteiger partial charge in [-0.25, -0.2) is 13.6 Å². The molecule has 2 aromatic carbocycles. The van der Waals surface area contributed by atoms with E-state index in [9.17, 15) is 18.4 Å². The molecule has 31 heavy (non-hydrogen) atoms. The Hall–Kier alpha value is -3.00. The predicted molar refractivity (Wildman–Crippen MR) is 116 cm³/mol. The molecule has 2 rings (SSSR count). The number of carbonyl (C=O) groups is 2. The SMILES string of the molecule is CCC(C)C(NCC(Cc1ccccc1)NC(=O)Nc1ccc(F)cc1F)C(=O)OC. The van der Waals surface area contributed by atoms with Gasteiger partial charge < -0.3 is 20.7 Å². The number of methoxy groups -OCH3 is 1. The standard InChI is InChI=1S/C23H29F2N3O3/c1-4-15(2)21(22(29)31-3)26-14-18(12-16-8-6-5-7-9-16)27-23(30)28-20-11-10-17(24)13-19(20)25/h5-11,13,15,18,21,26H,4,12,14H2,1-3H3,(H2,27,28,30). The minimum Gasteiger partial charge on any atom is -0.468 e. The third-order valence-electron chi connectivity index (χ3n) is 5.09. The number of rotatable bonds is 10. The molecule has 6 nitrogen and oxygen atoms in total. The topological polar surface area (TPSA) is 79.5 Å². The molecule has 0 fully saturated rings. The lowest BCUT2D eigenvalue weighted by molar-refractivity contribution is -0.144. The maximum absolute atomic E-state index is 13.9. The van der Waals surface area contributed by atoms with E-state index in [-0.39, 0.29) is 17.6 Å². The van der Waals surface area contributed by atoms with Crippen LogP contribution < -0.4 is 16.0 Å². The first kappa shape index (κ1) is 24.3. The molecule has 0 heterocycles. The highest BCUT2D eigenvalue weighted by Gasteiger charge is 2.26. The zero-order valence-corrected chi connectivity index (χ0v) is 18.0. The largest absolute Gasteiger partial charge is 0.468 e. The molecule has 0 aliphatic rings. The third-order valence-corrected chi connectivity index (χ3v) is 5.09. The van der Waals surface area contributed by atoms with E-state index in [1.165, 1.54) is 7.11 Å². The van der Waals surface area contributed by atoms with Crippen LogP contribution >= 0.6 is 0 Å². The number of hydrogen-bond donors (Lipinski definition) is 3. The van der Waals surface area contributed by atoms with E-state index in [1.807, 2.05) is 44.2 Å². The molecule has 0 bridgehead atoms. The van der Waals surface area contributed by atoms with Crippen LogP contribution in [0.2, 0.25) is 0 Å². The molecule has 3 atom stereocenters. The molecule has 2 aromatic rings. The molecule has 0 aromatic heterocycles. The number of urea groups is 1. The normalized spacial score (nSPS) is 13.7. The maximum atomic E-state index is 13.9. The molecule has 0 saturated carbocycles. The lowest BCUT2D eigenvalue weighted by Crippen LogP contribution is -2.51. The van der Waals surface area contributed by atoms with Gasteiger partial charge in [-0.1, -0.05) is 50.6 Å². The van der Waals surface area contributed by atoms with Crippen molar-refractivity contribution in [2.75, 3.05) is 19.0 Å². The van der Waals surface area contributed by atoms with Gasteiger partial charge in [-0.15, -0.1) is 0 Å². The fourth-order valence-electron chi connectivity index (χ4n) is 3.16. The first-order valence-corrected chi connectivity index (χ1v) is 10.2. The van der Waals surface area contributed by atoms with Gasteiger partial charge in [-0.05, 0) is 30.0 Å². The van der Waals surface area contributed by atoms with Gasteiger partial charge in [0.25, 0.3) is 0 Å². The Kier molecular flexibility index (Phi) is 9.40. The highest BCUT2D eigenvalue weighted by atomic mass is 19.1. The second-order valence-corrected chi connectivity index (χ2v) is 7.40. The number of anilines is 1. The van der Waals surface area contributed by atoms with Crippen molar-refractivity contribution in [2.45, 2.75) is 38.8 Å². The zero-order valence-electron chi connectivity index (χ0n) is 18.0. The minimum absolute atomic E-state index is 0.0342. The summed E-state index contributed by atoms with van der Waals surface area (Å²) in [5.74, 6) is -1.93. The van der Waals surface area contributed by atoms with Crippen LogP contribution in [0.4, 0.5) is 19.3 Å². The number of nitrogens with one attached hydrogen (secondary N) is 3. The van der Waals surface area contributed by atoms with Crippen LogP contribution in [0.15, 0.2) is 48.5 Å². The van der Waals surface area contributed by atoms with Crippen molar-refractivity contribution >= 4 is 17.7 Å². The second-order valence-electron chi connectivity index (χ2n) is 7.40. The number of benzene rings is 2. The van der Waals surface area contributed by atoms with E-state index in [2.05, 4.69) is 16.0 Å². The fraction of sp³-hybridized carbons (Fsp3) is 0.391. The number of esters is 1. The molecule has 0 radical (unpaired) electrons. The lowest BCUT2D eigenvalue weighted by atomic mass is 9.98. The van der Waals surface area contributed by atoms with Crippen molar-refractivity contribution < 1.29 is 23.1 Å². The van der Waals surface area contributed by atoms with Gasteiger partial charge in [0.05, 0.1) is 12.8 Å². The first-order valence-electron chi connectivity index (χ1n) is 10.2. The average molecular weight is 433 g/mol. The molecular formula is C23H29F2N3O3. The monoisotopic (exact) mass is 433 g/mol. The number of halogens is 2. The summed E-state index contributed by atoms with van der Waals surface area (Å²) in [5.41, 5.74) is 0.859. The molecule has 3 N–H and O–H groups in total. The average Bonchev–Trinajstić information content (AvgIpc) is 2.75. The Labute approximate surface area is 181 Å². The Morgan fingerprint density at radius 3 is 2.42 bits per heavy atom. The van der Waals surface area contributed by atoms with Crippen LogP contribution in [-0.4, -0.2) is 37.7 Å². The minimum atomic E-state index is -0.865. The van der Waals surface area contributed by atoms with Crippen molar-refractivity contribution in [1.82, 2.24) is 10.6 Å². The molecule has 3 unspecified atom stereocenters. The summed E-state index contributed by atoms with van der Waals surface area (Å²) in [6.07, 6.45) is 1.26. The summed E-state index contributed by atoms with van der Waals surface area (Å²) < 4.78 is 31.8. The second kappa shape index (κ2) is 12.0. The maximum Gasteiger partial charge on any atom is 0.323 e. The molecular weight excluding hydrogens is 404 g/mol. The van der Waals surface area contributed by atoms with E-state index >= 15 is 0 Å². The van der Waals surface area contributed by atoms with Crippen LogP contribution in [0.25, 0.3) is 0 Å². The van der Waals surface area contributed by atoms with Crippen LogP contribution in [0.5, 0.6) is 0 Å². The molecule has 0 saturated heterocycles. The van der Waals surface area contributed by atoms with Crippen molar-refractivity contribution in [3.05, 3.63) is 65.7 Å². The van der Waals surface area contributed by atoms with E-state index < -0.39 is 29.7 Å². The molecule has 0 spiro atoms. The Morgan fingerprint density at radius 2 is 1.81 bits per heavy atom. The molecule has 0 aliphatic heterocycles. The quantitative estimate of drug-likeness (QED) is 0.497. The highest BCUT2D eigenvalue weighted by molar-refractivity contribution is 5.89. The van der Waals surface area contributed by atoms with Gasteiger partial charge >= 0.3 is 12.0 Å². The molecule has 168 valence electrons. The molecule has 8 heteroatoms. The van der Waals surface area contributed by atoms with Gasteiger partial charge in [0.1, 0.15) is 17.7 Å². The first-order chi connectivity index (χ1) is 14.8. The van der Waals surface area contributed by atoms with Crippen LogP contribution in [0.1, 0.15) is 25.8 Å². The summed E-state index contributed by atoms with van der Waals surface area (Å²) in [4.78, 5) is 24.6. The number of ether oxygens (including phenoxy) is 1. The van der Waals surface area contributed by atoms with E-state index in [4.69, 9.17) is 4.74 Å². The van der Waals surface area contributed by atoms with E-state index in [0.29, 0.717) is 19.0 Å². The van der Waals surface area contributed by atoms with Gasteiger partial charge in [-0.3, -0.25) is 4.79 Å². The fourth-order valence-corrected chi connectivity index (χ4v) is 3.16. The summed E-state index contributed by atoms with van der Waals surface area (Å²) >= 11 is 0. The van der Waals surface area contributed by atoms with Gasteiger partial charge in [0.15, 0.2) is 0 Å². The van der Waals surface area contributed by atoms with E-state index in [0.717, 1.165) is 24.1 Å². The zero-order chi connectivity index (χ0) is 22.8. The van der Waals surface area contributed by atoms with Crippen LogP contribution in [0, 0.1) is 17.6 Å². The van der Waals surface area contributed by atoms with Crippen LogP contribution in [-0.2, 0) is 16.0 Å². The Morgan fingerprint density at radius 1 is 1.10 bits per heavy atom. The summed E-state index contributed by atoms with van der Waals surface area (Å²) in [6, 6.07) is 10.9. The van der Waals surface area contributed by atoms with Crippen molar-refractivity contribution in [1.29, 1.82) is 0 Å². The summed E-state index contributed by atoms with van der Waals surface area (Å²) in [6.45, 7) is 4.21. The predicted octanol–water partition coefficient (Wildman–Crippen LogP) is 3.87. The van der Waals surface area contributed by atoms with Gasteiger partial charge in [0.2, 0.25) is 0 Å². The van der Waals surface area contributed by atoms with Crippen molar-refractivity contribution in [3.8, 4) is 0 Å². The molecule has 2 amide bonds. The number of carbonyl (C=O) groups excluding carboxylic acids is 2. The molecule has 0 aliphatic carbocycles. The Balaban J connectivity index is 2.10. The number of amides is 2. The third kappa shape index (κ3) is 7.64. The van der Waals surface area contributed by atoms with Crippen LogP contribution in [0.3, 0.4) is 0 Å². The van der Waals surface area contributed by atoms with Crippen molar-refractivity contribution in [3.63, 3.8) is 0 Å². The van der Waals surface area contributed by atoms with Crippen molar-refractivity contribution in [2.24, 2.45) is 5.92 Å². The van der Waals surface area contributed by atoms with E-state index in [1.54, 1.807) is 0 Å². The highest BCUT2D eigenvalue weighted by Crippen LogP contribution is 2.15. The summed E-state index contributed by atoms with van der Waals surface area (Å²) in [7, 11) is 1.34. The lowest BCUT2D eigenvalue weighted by Gasteiger charge is -2.26. The summed E-state index contributed by atoms with van der Waals surface area (Å²) in [5, 5.41) is 8.39. The number of hydrogen-bond acceptors (Lipinski definition) is 4. The van der Waals surface area contributed by atoms with Gasteiger partial charge in [-0.2, -0.15) is 0 Å². The Bertz CT molecular complexity index is 864. The van der Waals surface area contributed by atoms with Gasteiger partial charge in [0, 0.05) is 18.7 Å².